The van der Waals surface area contributed by atoms with Crippen molar-refractivity contribution in [3.63, 3.8) is 0 Å². The van der Waals surface area contributed by atoms with Crippen LogP contribution in [-0.4, -0.2) is 29.8 Å². The van der Waals surface area contributed by atoms with Crippen molar-refractivity contribution in [2.24, 2.45) is 0 Å². The summed E-state index contributed by atoms with van der Waals surface area (Å²) in [7, 11) is -4.80. The molecule has 0 saturated carbocycles. The Balaban J connectivity index is 2.13. The molecule has 2 aliphatic rings. The van der Waals surface area contributed by atoms with E-state index in [0.29, 0.717) is 17.6 Å². The van der Waals surface area contributed by atoms with Crippen molar-refractivity contribution in [2.45, 2.75) is 11.7 Å². The van der Waals surface area contributed by atoms with Crippen LogP contribution in [-0.2, 0) is 21.3 Å². The lowest BCUT2D eigenvalue weighted by molar-refractivity contribution is -0.114. The third-order valence-electron chi connectivity index (χ3n) is 3.48. The predicted molar refractivity (Wildman–Crippen MR) is 69.1 cm³/mol. The number of carbonyl (C=O) groups excluding carboxylic acids is 2. The summed E-state index contributed by atoms with van der Waals surface area (Å²) in [6, 6.07) is 6.84. The normalized spacial score (nSPS) is 21.8. The molecule has 5 nitrogen and oxygen atoms in total. The first-order valence-electron chi connectivity index (χ1n) is 5.92. The van der Waals surface area contributed by atoms with Crippen LogP contribution in [0.25, 0.3) is 0 Å². The van der Waals surface area contributed by atoms with Crippen molar-refractivity contribution in [1.82, 2.24) is 0 Å². The first kappa shape index (κ1) is 13.0. The van der Waals surface area contributed by atoms with Crippen LogP contribution in [0, 0.1) is 0 Å². The summed E-state index contributed by atoms with van der Waals surface area (Å²) in [6.07, 6.45) is 2.83. The maximum absolute atomic E-state index is 12.3. The SMILES string of the molecule is O=C1C2=C(C=CC(S(=O)(=O)[O-])C2=O)Cc2ccccc21. The zero-order valence-corrected chi connectivity index (χ0v) is 11.0. The second-order valence-corrected chi connectivity index (χ2v) is 6.19. The molecular weight excluding hydrogens is 280 g/mol. The summed E-state index contributed by atoms with van der Waals surface area (Å²) < 4.78 is 33.2. The fourth-order valence-corrected chi connectivity index (χ4v) is 3.19. The summed E-state index contributed by atoms with van der Waals surface area (Å²) in [5.74, 6) is -1.43. The fraction of sp³-hybridized carbons (Fsp3) is 0.143. The van der Waals surface area contributed by atoms with E-state index in [1.807, 2.05) is 0 Å². The highest BCUT2D eigenvalue weighted by Gasteiger charge is 2.37. The maximum Gasteiger partial charge on any atom is 0.197 e. The van der Waals surface area contributed by atoms with Crippen LogP contribution in [0.4, 0.5) is 0 Å². The Morgan fingerprint density at radius 2 is 1.85 bits per heavy atom. The van der Waals surface area contributed by atoms with Crippen LogP contribution in [0.1, 0.15) is 15.9 Å². The molecule has 0 radical (unpaired) electrons. The summed E-state index contributed by atoms with van der Waals surface area (Å²) in [5, 5.41) is -1.80. The summed E-state index contributed by atoms with van der Waals surface area (Å²) >= 11 is 0. The highest BCUT2D eigenvalue weighted by atomic mass is 32.2. The van der Waals surface area contributed by atoms with Gasteiger partial charge in [0, 0.05) is 5.56 Å². The highest BCUT2D eigenvalue weighted by molar-refractivity contribution is 7.87. The second-order valence-electron chi connectivity index (χ2n) is 4.70. The van der Waals surface area contributed by atoms with Gasteiger partial charge in [-0.05, 0) is 17.6 Å². The molecule has 1 unspecified atom stereocenters. The lowest BCUT2D eigenvalue weighted by atomic mass is 9.80. The first-order valence-corrected chi connectivity index (χ1v) is 7.39. The van der Waals surface area contributed by atoms with Crippen LogP contribution in [0.5, 0.6) is 0 Å². The van der Waals surface area contributed by atoms with E-state index in [0.717, 1.165) is 11.6 Å². The molecule has 3 rings (SSSR count). The van der Waals surface area contributed by atoms with Gasteiger partial charge in [-0.2, -0.15) is 0 Å². The van der Waals surface area contributed by atoms with E-state index >= 15 is 0 Å². The van der Waals surface area contributed by atoms with Gasteiger partial charge in [-0.25, -0.2) is 8.42 Å². The number of carbonyl (C=O) groups is 2. The van der Waals surface area contributed by atoms with Gasteiger partial charge < -0.3 is 4.55 Å². The summed E-state index contributed by atoms with van der Waals surface area (Å²) in [5.41, 5.74) is 1.48. The molecule has 1 aromatic rings. The largest absolute Gasteiger partial charge is 0.747 e. The lowest BCUT2D eigenvalue weighted by Gasteiger charge is -2.26. The molecule has 0 spiro atoms. The molecule has 1 aromatic carbocycles. The molecule has 0 aromatic heterocycles. The number of rotatable bonds is 1. The molecule has 0 heterocycles. The Bertz CT molecular complexity index is 799. The molecule has 0 amide bonds. The van der Waals surface area contributed by atoms with Gasteiger partial charge in [0.1, 0.15) is 15.4 Å². The Labute approximate surface area is 115 Å². The minimum atomic E-state index is -4.80. The highest BCUT2D eigenvalue weighted by Crippen LogP contribution is 2.31. The predicted octanol–water partition coefficient (Wildman–Crippen LogP) is 0.775. The van der Waals surface area contributed by atoms with Gasteiger partial charge in [-0.3, -0.25) is 9.59 Å². The first-order chi connectivity index (χ1) is 9.39. The van der Waals surface area contributed by atoms with Crippen molar-refractivity contribution in [3.8, 4) is 0 Å². The van der Waals surface area contributed by atoms with Gasteiger partial charge in [-0.15, -0.1) is 0 Å². The van der Waals surface area contributed by atoms with Crippen LogP contribution >= 0.6 is 0 Å². The van der Waals surface area contributed by atoms with Gasteiger partial charge in [0.05, 0.1) is 5.57 Å². The number of benzene rings is 1. The molecule has 0 bridgehead atoms. The molecule has 1 atom stereocenters. The number of hydrogen-bond donors (Lipinski definition) is 0. The number of hydrogen-bond acceptors (Lipinski definition) is 5. The molecule has 20 heavy (non-hydrogen) atoms. The van der Waals surface area contributed by atoms with Gasteiger partial charge in [0.2, 0.25) is 0 Å². The van der Waals surface area contributed by atoms with Crippen molar-refractivity contribution in [2.75, 3.05) is 0 Å². The number of allylic oxidation sites excluding steroid dienone is 3. The van der Waals surface area contributed by atoms with E-state index < -0.39 is 26.9 Å². The zero-order valence-electron chi connectivity index (χ0n) is 10.2. The minimum Gasteiger partial charge on any atom is -0.747 e. The van der Waals surface area contributed by atoms with E-state index in [1.165, 1.54) is 6.08 Å². The lowest BCUT2D eigenvalue weighted by Crippen LogP contribution is -2.36. The van der Waals surface area contributed by atoms with E-state index in [1.54, 1.807) is 24.3 Å². The number of ketones is 2. The van der Waals surface area contributed by atoms with E-state index in [4.69, 9.17) is 0 Å². The van der Waals surface area contributed by atoms with E-state index in [9.17, 15) is 22.6 Å². The van der Waals surface area contributed by atoms with Crippen molar-refractivity contribution in [1.29, 1.82) is 0 Å². The van der Waals surface area contributed by atoms with Crippen LogP contribution in [0.2, 0.25) is 0 Å². The van der Waals surface area contributed by atoms with Gasteiger partial charge in [0.25, 0.3) is 0 Å². The number of Topliss-reactive ketones (excluding diaryl/α,β-unsaturated/α-hetero) is 2. The monoisotopic (exact) mass is 289 g/mol. The van der Waals surface area contributed by atoms with E-state index in [-0.39, 0.29) is 5.57 Å². The standard InChI is InChI=1S/C14H10O5S/c15-13-10-4-2-1-3-8(10)7-9-5-6-11(20(17,18)19)14(16)12(9)13/h1-6,11H,7H2,(H,17,18,19)/p-1. The Hall–Kier alpha value is -2.05. The molecule has 102 valence electrons. The quantitative estimate of drug-likeness (QED) is 0.562. The second kappa shape index (κ2) is 4.22. The molecule has 0 saturated heterocycles. The number of fused-ring (bicyclic) bond motifs is 1. The third-order valence-corrected chi connectivity index (χ3v) is 4.47. The molecule has 0 aliphatic heterocycles. The Morgan fingerprint density at radius 1 is 1.15 bits per heavy atom. The maximum atomic E-state index is 12.3. The van der Waals surface area contributed by atoms with Crippen LogP contribution in [0.3, 0.4) is 0 Å². The van der Waals surface area contributed by atoms with Crippen molar-refractivity contribution >= 4 is 21.7 Å². The average molecular weight is 289 g/mol. The molecule has 0 fully saturated rings. The van der Waals surface area contributed by atoms with E-state index in [2.05, 4.69) is 0 Å². The molecule has 6 heteroatoms. The van der Waals surface area contributed by atoms with Crippen LogP contribution < -0.4 is 0 Å². The van der Waals surface area contributed by atoms with Gasteiger partial charge in [0.15, 0.2) is 11.6 Å². The van der Waals surface area contributed by atoms with Crippen molar-refractivity contribution in [3.05, 3.63) is 58.7 Å². The zero-order chi connectivity index (χ0) is 14.5. The van der Waals surface area contributed by atoms with Gasteiger partial charge in [-0.1, -0.05) is 36.4 Å². The molecular formula is C14H9O5S-. The third kappa shape index (κ3) is 1.85. The average Bonchev–Trinajstić information content (AvgIpc) is 2.37. The Kier molecular flexibility index (Phi) is 2.74. The Morgan fingerprint density at radius 3 is 2.55 bits per heavy atom. The van der Waals surface area contributed by atoms with Crippen molar-refractivity contribution < 1.29 is 22.6 Å². The summed E-state index contributed by atoms with van der Waals surface area (Å²) in [6.45, 7) is 0. The molecule has 2 aliphatic carbocycles. The van der Waals surface area contributed by atoms with Gasteiger partial charge >= 0.3 is 0 Å². The topological polar surface area (TPSA) is 91.3 Å². The summed E-state index contributed by atoms with van der Waals surface area (Å²) in [4.78, 5) is 24.4. The molecule has 0 N–H and O–H groups in total. The van der Waals surface area contributed by atoms with Crippen LogP contribution in [0.15, 0.2) is 47.6 Å². The fourth-order valence-electron chi connectivity index (χ4n) is 2.54. The minimum absolute atomic E-state index is 0.171. The smallest absolute Gasteiger partial charge is 0.197 e.